The summed E-state index contributed by atoms with van der Waals surface area (Å²) >= 11 is 0. The molecule has 1 aromatic heterocycles. The highest BCUT2D eigenvalue weighted by Gasteiger charge is 2.13. The van der Waals surface area contributed by atoms with Crippen molar-refractivity contribution in [2.45, 2.75) is 19.4 Å². The smallest absolute Gasteiger partial charge is 0.315 e. The maximum Gasteiger partial charge on any atom is 0.315 e. The monoisotopic (exact) mass is 262 g/mol. The number of carbonyl (C=O) groups excluding carboxylic acids is 1. The predicted molar refractivity (Wildman–Crippen MR) is 72.9 cm³/mol. The second-order valence-corrected chi connectivity index (χ2v) is 4.39. The Morgan fingerprint density at radius 3 is 2.95 bits per heavy atom. The van der Waals surface area contributed by atoms with Gasteiger partial charge in [0.15, 0.2) is 0 Å². The molecule has 0 aliphatic heterocycles. The number of hydrogen-bond donors (Lipinski definition) is 3. The average Bonchev–Trinajstić information content (AvgIpc) is 2.83. The molecule has 5 nitrogen and oxygen atoms in total. The van der Waals surface area contributed by atoms with Crippen molar-refractivity contribution >= 4 is 17.0 Å². The van der Waals surface area contributed by atoms with Crippen LogP contribution in [0, 0.1) is 0 Å². The molecule has 0 radical (unpaired) electrons. The number of amides is 2. The molecular formula is C14H18N2O3. The number of hydrogen-bond acceptors (Lipinski definition) is 3. The number of para-hydroxylation sites is 1. The third-order valence-corrected chi connectivity index (χ3v) is 2.84. The number of furan rings is 1. The lowest BCUT2D eigenvalue weighted by atomic mass is 10.2. The van der Waals surface area contributed by atoms with E-state index in [0.717, 1.165) is 16.7 Å². The number of aliphatic hydroxyl groups excluding tert-OH is 1. The van der Waals surface area contributed by atoms with Crippen molar-refractivity contribution < 1.29 is 14.3 Å². The Morgan fingerprint density at radius 1 is 1.42 bits per heavy atom. The second-order valence-electron chi connectivity index (χ2n) is 4.39. The molecule has 1 aromatic carbocycles. The van der Waals surface area contributed by atoms with Gasteiger partial charge >= 0.3 is 6.03 Å². The van der Waals surface area contributed by atoms with Crippen molar-refractivity contribution in [2.24, 2.45) is 0 Å². The molecule has 0 saturated heterocycles. The Kier molecular flexibility index (Phi) is 4.41. The molecule has 2 aromatic rings. The normalized spacial score (nSPS) is 12.3. The number of urea groups is 1. The number of rotatable bonds is 5. The fraction of sp³-hybridized carbons (Fsp3) is 0.357. The first-order valence-corrected chi connectivity index (χ1v) is 6.34. The largest absolute Gasteiger partial charge is 0.459 e. The van der Waals surface area contributed by atoms with E-state index < -0.39 is 0 Å². The Bertz CT molecular complexity index is 517. The van der Waals surface area contributed by atoms with Crippen molar-refractivity contribution in [3.8, 4) is 0 Å². The van der Waals surface area contributed by atoms with E-state index in [1.165, 1.54) is 0 Å². The number of carbonyl (C=O) groups is 1. The summed E-state index contributed by atoms with van der Waals surface area (Å²) in [6, 6.07) is 9.18. The summed E-state index contributed by atoms with van der Waals surface area (Å²) in [5.74, 6) is 0.721. The highest BCUT2D eigenvalue weighted by molar-refractivity contribution is 5.78. The van der Waals surface area contributed by atoms with Crippen LogP contribution in [-0.4, -0.2) is 24.3 Å². The van der Waals surface area contributed by atoms with Gasteiger partial charge in [-0.2, -0.15) is 0 Å². The molecule has 0 saturated carbocycles. The first-order chi connectivity index (χ1) is 9.20. The molecule has 3 N–H and O–H groups in total. The standard InChI is InChI=1S/C14H18N2O3/c1-10(16-14(18)15-7-4-8-17)13-9-11-5-2-3-6-12(11)19-13/h2-3,5-6,9-10,17H,4,7-8H2,1H3,(H2,15,16,18). The number of nitrogens with one attached hydrogen (secondary N) is 2. The summed E-state index contributed by atoms with van der Waals surface area (Å²) in [6.45, 7) is 2.39. The maximum absolute atomic E-state index is 11.6. The summed E-state index contributed by atoms with van der Waals surface area (Å²) < 4.78 is 5.67. The first-order valence-electron chi connectivity index (χ1n) is 6.34. The van der Waals surface area contributed by atoms with E-state index in [0.29, 0.717) is 13.0 Å². The maximum atomic E-state index is 11.6. The van der Waals surface area contributed by atoms with Gasteiger partial charge in [0.1, 0.15) is 11.3 Å². The number of aliphatic hydroxyl groups is 1. The molecule has 2 amide bonds. The third-order valence-electron chi connectivity index (χ3n) is 2.84. The molecule has 102 valence electrons. The van der Waals surface area contributed by atoms with Gasteiger partial charge in [0.25, 0.3) is 0 Å². The quantitative estimate of drug-likeness (QED) is 0.723. The van der Waals surface area contributed by atoms with Gasteiger partial charge in [0.2, 0.25) is 0 Å². The van der Waals surface area contributed by atoms with Crippen molar-refractivity contribution in [1.29, 1.82) is 0 Å². The predicted octanol–water partition coefficient (Wildman–Crippen LogP) is 2.18. The molecule has 0 fully saturated rings. The minimum Gasteiger partial charge on any atom is -0.459 e. The van der Waals surface area contributed by atoms with E-state index in [-0.39, 0.29) is 18.7 Å². The molecule has 1 heterocycles. The van der Waals surface area contributed by atoms with Crippen molar-refractivity contribution in [3.05, 3.63) is 36.1 Å². The molecule has 19 heavy (non-hydrogen) atoms. The molecule has 0 spiro atoms. The van der Waals surface area contributed by atoms with Crippen LogP contribution < -0.4 is 10.6 Å². The van der Waals surface area contributed by atoms with E-state index in [2.05, 4.69) is 10.6 Å². The highest BCUT2D eigenvalue weighted by atomic mass is 16.3. The Balaban J connectivity index is 1.95. The van der Waals surface area contributed by atoms with Crippen LogP contribution in [-0.2, 0) is 0 Å². The topological polar surface area (TPSA) is 74.5 Å². The fourth-order valence-corrected chi connectivity index (χ4v) is 1.82. The van der Waals surface area contributed by atoms with Crippen LogP contribution in [0.25, 0.3) is 11.0 Å². The molecule has 1 unspecified atom stereocenters. The molecule has 2 rings (SSSR count). The molecule has 5 heteroatoms. The van der Waals surface area contributed by atoms with Crippen LogP contribution in [0.2, 0.25) is 0 Å². The zero-order valence-corrected chi connectivity index (χ0v) is 10.8. The zero-order chi connectivity index (χ0) is 13.7. The first kappa shape index (κ1) is 13.4. The highest BCUT2D eigenvalue weighted by Crippen LogP contribution is 2.23. The van der Waals surface area contributed by atoms with Gasteiger partial charge in [-0.05, 0) is 25.5 Å². The second kappa shape index (κ2) is 6.24. The van der Waals surface area contributed by atoms with Crippen LogP contribution in [0.5, 0.6) is 0 Å². The summed E-state index contributed by atoms with van der Waals surface area (Å²) in [7, 11) is 0. The van der Waals surface area contributed by atoms with Gasteiger partial charge < -0.3 is 20.2 Å². The van der Waals surface area contributed by atoms with E-state index in [1.807, 2.05) is 37.3 Å². The van der Waals surface area contributed by atoms with E-state index in [9.17, 15) is 4.79 Å². The van der Waals surface area contributed by atoms with Gasteiger partial charge in [-0.3, -0.25) is 0 Å². The van der Waals surface area contributed by atoms with Crippen LogP contribution in [0.1, 0.15) is 25.1 Å². The lowest BCUT2D eigenvalue weighted by Crippen LogP contribution is -2.37. The minimum absolute atomic E-state index is 0.0689. The lowest BCUT2D eigenvalue weighted by molar-refractivity contribution is 0.234. The van der Waals surface area contributed by atoms with Crippen molar-refractivity contribution in [1.82, 2.24) is 10.6 Å². The summed E-state index contributed by atoms with van der Waals surface area (Å²) in [6.07, 6.45) is 0.548. The van der Waals surface area contributed by atoms with E-state index >= 15 is 0 Å². The SMILES string of the molecule is CC(NC(=O)NCCCO)c1cc2ccccc2o1. The Morgan fingerprint density at radius 2 is 2.21 bits per heavy atom. The third kappa shape index (κ3) is 3.48. The molecule has 0 bridgehead atoms. The van der Waals surface area contributed by atoms with Crippen LogP contribution >= 0.6 is 0 Å². The molecule has 0 aliphatic carbocycles. The van der Waals surface area contributed by atoms with E-state index in [1.54, 1.807) is 0 Å². The molecule has 0 aliphatic rings. The zero-order valence-electron chi connectivity index (χ0n) is 10.8. The number of fused-ring (bicyclic) bond motifs is 1. The Labute approximate surface area is 111 Å². The fourth-order valence-electron chi connectivity index (χ4n) is 1.82. The van der Waals surface area contributed by atoms with Crippen LogP contribution in [0.15, 0.2) is 34.7 Å². The summed E-state index contributed by atoms with van der Waals surface area (Å²) in [5, 5.41) is 15.1. The van der Waals surface area contributed by atoms with E-state index in [4.69, 9.17) is 9.52 Å². The Hall–Kier alpha value is -2.01. The van der Waals surface area contributed by atoms with Crippen molar-refractivity contribution in [2.75, 3.05) is 13.2 Å². The van der Waals surface area contributed by atoms with Gasteiger partial charge in [0, 0.05) is 18.5 Å². The molecule has 1 atom stereocenters. The average molecular weight is 262 g/mol. The molecular weight excluding hydrogens is 244 g/mol. The van der Waals surface area contributed by atoms with Crippen molar-refractivity contribution in [3.63, 3.8) is 0 Å². The van der Waals surface area contributed by atoms with Crippen LogP contribution in [0.4, 0.5) is 4.79 Å². The summed E-state index contributed by atoms with van der Waals surface area (Å²) in [4.78, 5) is 11.6. The summed E-state index contributed by atoms with van der Waals surface area (Å²) in [5.41, 5.74) is 0.812. The van der Waals surface area contributed by atoms with Gasteiger partial charge in [-0.1, -0.05) is 18.2 Å². The van der Waals surface area contributed by atoms with Gasteiger partial charge in [-0.15, -0.1) is 0 Å². The number of benzene rings is 1. The van der Waals surface area contributed by atoms with Gasteiger partial charge in [-0.25, -0.2) is 4.79 Å². The lowest BCUT2D eigenvalue weighted by Gasteiger charge is -2.12. The van der Waals surface area contributed by atoms with Crippen LogP contribution in [0.3, 0.4) is 0 Å². The minimum atomic E-state index is -0.263. The van der Waals surface area contributed by atoms with Gasteiger partial charge in [0.05, 0.1) is 6.04 Å².